The average molecular weight is 496 g/mol. The van der Waals surface area contributed by atoms with Gasteiger partial charge in [-0.3, -0.25) is 19.4 Å². The third kappa shape index (κ3) is 5.32. The molecule has 10 heteroatoms. The van der Waals surface area contributed by atoms with Gasteiger partial charge in [-0.2, -0.15) is 5.10 Å². The predicted molar refractivity (Wildman–Crippen MR) is 141 cm³/mol. The van der Waals surface area contributed by atoms with Gasteiger partial charge in [-0.05, 0) is 30.3 Å². The van der Waals surface area contributed by atoms with Gasteiger partial charge in [-0.25, -0.2) is 4.98 Å². The lowest BCUT2D eigenvalue weighted by molar-refractivity contribution is -0.114. The molecule has 0 unspecified atom stereocenters. The molecular formula is C27H25N7O3. The van der Waals surface area contributed by atoms with E-state index < -0.39 is 0 Å². The van der Waals surface area contributed by atoms with Crippen LogP contribution in [0.3, 0.4) is 0 Å². The van der Waals surface area contributed by atoms with E-state index in [1.807, 2.05) is 48.5 Å². The smallest absolute Gasteiger partial charge is 0.244 e. The molecule has 5 aromatic rings. The predicted octanol–water partition coefficient (Wildman–Crippen LogP) is 4.22. The number of amides is 1. The number of methoxy groups -OCH3 is 2. The van der Waals surface area contributed by atoms with Gasteiger partial charge < -0.3 is 19.7 Å². The lowest BCUT2D eigenvalue weighted by Crippen LogP contribution is -2.30. The SMILES string of the molecule is COc1cc(OC)cc(N(CC(=O)Nc2cccnc2)c2ccc3ncc(-c4cnn(C)c4)nc3c2)c1. The van der Waals surface area contributed by atoms with E-state index in [9.17, 15) is 4.79 Å². The Morgan fingerprint density at radius 1 is 0.973 bits per heavy atom. The van der Waals surface area contributed by atoms with Crippen LogP contribution in [0.4, 0.5) is 17.1 Å². The molecule has 2 aromatic carbocycles. The highest BCUT2D eigenvalue weighted by atomic mass is 16.5. The molecule has 3 aromatic heterocycles. The van der Waals surface area contributed by atoms with E-state index in [1.165, 1.54) is 0 Å². The molecule has 10 nitrogen and oxygen atoms in total. The van der Waals surface area contributed by atoms with Crippen LogP contribution in [0.5, 0.6) is 11.5 Å². The number of hydrogen-bond donors (Lipinski definition) is 1. The second-order valence-electron chi connectivity index (χ2n) is 8.28. The first-order chi connectivity index (χ1) is 18.0. The van der Waals surface area contributed by atoms with Crippen LogP contribution in [-0.4, -0.2) is 51.4 Å². The molecule has 0 aliphatic carbocycles. The van der Waals surface area contributed by atoms with Crippen LogP contribution < -0.4 is 19.7 Å². The molecule has 0 radical (unpaired) electrons. The summed E-state index contributed by atoms with van der Waals surface area (Å²) in [6.45, 7) is 0.0203. The highest BCUT2D eigenvalue weighted by molar-refractivity contribution is 5.96. The second-order valence-corrected chi connectivity index (χ2v) is 8.28. The van der Waals surface area contributed by atoms with E-state index in [2.05, 4.69) is 20.4 Å². The van der Waals surface area contributed by atoms with Crippen LogP contribution in [-0.2, 0) is 11.8 Å². The Morgan fingerprint density at radius 2 is 1.78 bits per heavy atom. The van der Waals surface area contributed by atoms with Gasteiger partial charge in [-0.1, -0.05) is 0 Å². The van der Waals surface area contributed by atoms with Gasteiger partial charge >= 0.3 is 0 Å². The van der Waals surface area contributed by atoms with Crippen molar-refractivity contribution in [3.63, 3.8) is 0 Å². The van der Waals surface area contributed by atoms with E-state index in [0.717, 1.165) is 16.8 Å². The van der Waals surface area contributed by atoms with Gasteiger partial charge in [-0.15, -0.1) is 0 Å². The molecule has 0 aliphatic heterocycles. The summed E-state index contributed by atoms with van der Waals surface area (Å²) in [5.41, 5.74) is 5.08. The number of aryl methyl sites for hydroxylation is 1. The first kappa shape index (κ1) is 23.7. The maximum Gasteiger partial charge on any atom is 0.244 e. The standard InChI is InChI=1S/C27H25N7O3/c1-33-16-18(13-30-33)26-15-29-24-7-6-20(11-25(24)32-26)34(17-27(35)31-19-5-4-8-28-14-19)21-9-22(36-2)12-23(10-21)37-3/h4-16H,17H2,1-3H3,(H,31,35). The number of hydrogen-bond acceptors (Lipinski definition) is 8. The van der Waals surface area contributed by atoms with Crippen molar-refractivity contribution < 1.29 is 14.3 Å². The number of carbonyl (C=O) groups excluding carboxylic acids is 1. The third-order valence-corrected chi connectivity index (χ3v) is 5.73. The fourth-order valence-corrected chi connectivity index (χ4v) is 3.92. The Kier molecular flexibility index (Phi) is 6.62. The number of fused-ring (bicyclic) bond motifs is 1. The molecule has 0 fully saturated rings. The van der Waals surface area contributed by atoms with E-state index in [-0.39, 0.29) is 12.5 Å². The van der Waals surface area contributed by atoms with Gasteiger partial charge in [0.15, 0.2) is 0 Å². The maximum atomic E-state index is 13.1. The summed E-state index contributed by atoms with van der Waals surface area (Å²) >= 11 is 0. The molecular weight excluding hydrogens is 470 g/mol. The lowest BCUT2D eigenvalue weighted by Gasteiger charge is -2.25. The van der Waals surface area contributed by atoms with Crippen molar-refractivity contribution >= 4 is 34.0 Å². The molecule has 0 atom stereocenters. The van der Waals surface area contributed by atoms with Crippen LogP contribution in [0.2, 0.25) is 0 Å². The minimum atomic E-state index is -0.218. The molecule has 0 spiro atoms. The first-order valence-corrected chi connectivity index (χ1v) is 11.5. The van der Waals surface area contributed by atoms with E-state index in [4.69, 9.17) is 14.5 Å². The van der Waals surface area contributed by atoms with Crippen LogP contribution in [0.25, 0.3) is 22.3 Å². The van der Waals surface area contributed by atoms with Crippen molar-refractivity contribution in [3.8, 4) is 22.8 Å². The summed E-state index contributed by atoms with van der Waals surface area (Å²) in [6.07, 6.45) is 8.61. The number of benzene rings is 2. The summed E-state index contributed by atoms with van der Waals surface area (Å²) in [4.78, 5) is 28.4. The molecule has 37 heavy (non-hydrogen) atoms. The van der Waals surface area contributed by atoms with Gasteiger partial charge in [0.05, 0.1) is 55.2 Å². The van der Waals surface area contributed by atoms with Crippen molar-refractivity contribution in [1.82, 2.24) is 24.7 Å². The van der Waals surface area contributed by atoms with Crippen molar-refractivity contribution in [2.24, 2.45) is 7.05 Å². The number of aromatic nitrogens is 5. The van der Waals surface area contributed by atoms with Gasteiger partial charge in [0.2, 0.25) is 5.91 Å². The number of carbonyl (C=O) groups is 1. The number of anilines is 3. The van der Waals surface area contributed by atoms with Crippen LogP contribution in [0.15, 0.2) is 79.5 Å². The molecule has 0 bridgehead atoms. The van der Waals surface area contributed by atoms with Crippen LogP contribution in [0, 0.1) is 0 Å². The number of pyridine rings is 1. The Labute approximate surface area is 213 Å². The lowest BCUT2D eigenvalue weighted by atomic mass is 10.2. The molecule has 3 heterocycles. The highest BCUT2D eigenvalue weighted by Gasteiger charge is 2.18. The number of rotatable bonds is 8. The Balaban J connectivity index is 1.56. The number of nitrogens with one attached hydrogen (secondary N) is 1. The zero-order chi connectivity index (χ0) is 25.8. The summed E-state index contributed by atoms with van der Waals surface area (Å²) in [6, 6.07) is 14.7. The van der Waals surface area contributed by atoms with Crippen molar-refractivity contribution in [1.29, 1.82) is 0 Å². The van der Waals surface area contributed by atoms with E-state index in [0.29, 0.717) is 34.1 Å². The molecule has 0 aliphatic rings. The second kappa shape index (κ2) is 10.3. The van der Waals surface area contributed by atoms with E-state index >= 15 is 0 Å². The summed E-state index contributed by atoms with van der Waals surface area (Å²) < 4.78 is 12.7. The normalized spacial score (nSPS) is 10.8. The number of ether oxygens (including phenoxy) is 2. The van der Waals surface area contributed by atoms with Gasteiger partial charge in [0, 0.05) is 54.6 Å². The Hall–Kier alpha value is -4.99. The highest BCUT2D eigenvalue weighted by Crippen LogP contribution is 2.34. The Bertz CT molecular complexity index is 1530. The topological polar surface area (TPSA) is 107 Å². The van der Waals surface area contributed by atoms with E-state index in [1.54, 1.807) is 61.9 Å². The monoisotopic (exact) mass is 495 g/mol. The average Bonchev–Trinajstić information content (AvgIpc) is 3.37. The zero-order valence-electron chi connectivity index (χ0n) is 20.6. The van der Waals surface area contributed by atoms with Crippen LogP contribution >= 0.6 is 0 Å². The molecule has 0 saturated carbocycles. The fraction of sp³-hybridized carbons (Fsp3) is 0.148. The van der Waals surface area contributed by atoms with Crippen molar-refractivity contribution in [2.75, 3.05) is 31.0 Å². The largest absolute Gasteiger partial charge is 0.497 e. The number of nitrogens with zero attached hydrogens (tertiary/aromatic N) is 6. The van der Waals surface area contributed by atoms with Gasteiger partial charge in [0.1, 0.15) is 18.0 Å². The van der Waals surface area contributed by atoms with Gasteiger partial charge in [0.25, 0.3) is 0 Å². The Morgan fingerprint density at radius 3 is 2.46 bits per heavy atom. The fourth-order valence-electron chi connectivity index (χ4n) is 3.92. The molecule has 186 valence electrons. The molecule has 1 N–H and O–H groups in total. The van der Waals surface area contributed by atoms with Crippen molar-refractivity contribution in [3.05, 3.63) is 79.5 Å². The quantitative estimate of drug-likeness (QED) is 0.341. The molecule has 0 saturated heterocycles. The molecule has 5 rings (SSSR count). The minimum Gasteiger partial charge on any atom is -0.497 e. The third-order valence-electron chi connectivity index (χ3n) is 5.73. The molecule has 1 amide bonds. The summed E-state index contributed by atoms with van der Waals surface area (Å²) in [7, 11) is 5.03. The summed E-state index contributed by atoms with van der Waals surface area (Å²) in [5.74, 6) is 0.989. The maximum absolute atomic E-state index is 13.1. The van der Waals surface area contributed by atoms with Crippen LogP contribution in [0.1, 0.15) is 0 Å². The van der Waals surface area contributed by atoms with Crippen molar-refractivity contribution in [2.45, 2.75) is 0 Å². The summed E-state index contributed by atoms with van der Waals surface area (Å²) in [5, 5.41) is 7.12. The first-order valence-electron chi connectivity index (χ1n) is 11.5. The minimum absolute atomic E-state index is 0.0203. The zero-order valence-corrected chi connectivity index (χ0v) is 20.6.